The van der Waals surface area contributed by atoms with E-state index in [1.54, 1.807) is 29.2 Å². The van der Waals surface area contributed by atoms with Gasteiger partial charge in [0.25, 0.3) is 5.91 Å². The number of hydrogen-bond donors (Lipinski definition) is 1. The fraction of sp³-hybridized carbons (Fsp3) is 0.364. The zero-order chi connectivity index (χ0) is 19.9. The Bertz CT molecular complexity index is 806. The topological polar surface area (TPSA) is 58.6 Å². The van der Waals surface area contributed by atoms with Crippen LogP contribution in [0, 0.1) is 5.82 Å². The van der Waals surface area contributed by atoms with E-state index in [2.05, 4.69) is 12.2 Å². The van der Waals surface area contributed by atoms with Crippen LogP contribution in [0.3, 0.4) is 0 Å². The highest BCUT2D eigenvalue weighted by molar-refractivity contribution is 5.95. The number of hydrogen-bond acceptors (Lipinski definition) is 3. The van der Waals surface area contributed by atoms with E-state index in [1.165, 1.54) is 12.1 Å². The molecule has 1 aliphatic heterocycles. The number of amides is 2. The highest BCUT2D eigenvalue weighted by atomic mass is 19.1. The number of carbonyl (C=O) groups excluding carboxylic acids is 2. The lowest BCUT2D eigenvalue weighted by Crippen LogP contribution is -2.41. The summed E-state index contributed by atoms with van der Waals surface area (Å²) in [5, 5.41) is 2.91. The summed E-state index contributed by atoms with van der Waals surface area (Å²) in [6.45, 7) is 3.22. The highest BCUT2D eigenvalue weighted by Gasteiger charge is 2.20. The summed E-state index contributed by atoms with van der Waals surface area (Å²) in [7, 11) is 0. The van der Waals surface area contributed by atoms with Crippen molar-refractivity contribution >= 4 is 23.2 Å². The number of rotatable bonds is 7. The van der Waals surface area contributed by atoms with Crippen molar-refractivity contribution in [2.45, 2.75) is 32.1 Å². The Labute approximate surface area is 164 Å². The zero-order valence-corrected chi connectivity index (χ0v) is 16.0. The molecule has 1 fully saturated rings. The Morgan fingerprint density at radius 2 is 1.89 bits per heavy atom. The quantitative estimate of drug-likeness (QED) is 0.782. The van der Waals surface area contributed by atoms with Crippen LogP contribution in [0.25, 0.3) is 0 Å². The van der Waals surface area contributed by atoms with Crippen LogP contribution in [0.5, 0.6) is 0 Å². The van der Waals surface area contributed by atoms with Gasteiger partial charge in [0.1, 0.15) is 12.4 Å². The highest BCUT2D eigenvalue weighted by Crippen LogP contribution is 2.26. The summed E-state index contributed by atoms with van der Waals surface area (Å²) in [6.07, 6.45) is 2.14. The van der Waals surface area contributed by atoms with Crippen molar-refractivity contribution in [1.82, 2.24) is 0 Å². The summed E-state index contributed by atoms with van der Waals surface area (Å²) >= 11 is 0. The van der Waals surface area contributed by atoms with Crippen molar-refractivity contribution in [1.29, 1.82) is 0 Å². The minimum atomic E-state index is -0.276. The molecule has 1 aliphatic rings. The molecule has 1 N–H and O–H groups in total. The van der Waals surface area contributed by atoms with Crippen LogP contribution in [-0.4, -0.2) is 31.6 Å². The van der Waals surface area contributed by atoms with E-state index in [9.17, 15) is 14.0 Å². The third kappa shape index (κ3) is 5.16. The summed E-state index contributed by atoms with van der Waals surface area (Å²) in [6, 6.07) is 13.6. The molecular formula is C22H25FN2O3. The molecule has 28 heavy (non-hydrogen) atoms. The molecule has 0 aromatic heterocycles. The second-order valence-electron chi connectivity index (χ2n) is 6.93. The molecule has 1 atom stereocenters. The number of benzene rings is 2. The fourth-order valence-electron chi connectivity index (χ4n) is 3.42. The summed E-state index contributed by atoms with van der Waals surface area (Å²) in [5.74, 6) is -0.374. The minimum Gasteiger partial charge on any atom is -0.370 e. The van der Waals surface area contributed by atoms with Gasteiger partial charge in [-0.25, -0.2) is 4.39 Å². The van der Waals surface area contributed by atoms with Crippen LogP contribution in [0.15, 0.2) is 48.5 Å². The number of carbonyl (C=O) groups is 2. The van der Waals surface area contributed by atoms with Crippen molar-refractivity contribution in [2.75, 3.05) is 30.0 Å². The predicted molar refractivity (Wildman–Crippen MR) is 107 cm³/mol. The maximum Gasteiger partial charge on any atom is 0.253 e. The molecular weight excluding hydrogens is 359 g/mol. The smallest absolute Gasteiger partial charge is 0.253 e. The van der Waals surface area contributed by atoms with Gasteiger partial charge in [0, 0.05) is 24.3 Å². The van der Waals surface area contributed by atoms with E-state index in [0.717, 1.165) is 24.1 Å². The van der Waals surface area contributed by atoms with Gasteiger partial charge in [-0.2, -0.15) is 0 Å². The van der Waals surface area contributed by atoms with Crippen molar-refractivity contribution in [3.63, 3.8) is 0 Å². The monoisotopic (exact) mass is 384 g/mol. The van der Waals surface area contributed by atoms with E-state index >= 15 is 0 Å². The van der Waals surface area contributed by atoms with Gasteiger partial charge in [-0.3, -0.25) is 9.59 Å². The Morgan fingerprint density at radius 1 is 1.18 bits per heavy atom. The first-order valence-electron chi connectivity index (χ1n) is 9.60. The van der Waals surface area contributed by atoms with Crippen molar-refractivity contribution < 1.29 is 18.7 Å². The van der Waals surface area contributed by atoms with E-state index < -0.39 is 0 Å². The second kappa shape index (κ2) is 9.46. The second-order valence-corrected chi connectivity index (χ2v) is 6.93. The first-order chi connectivity index (χ1) is 13.6. The Morgan fingerprint density at radius 3 is 2.54 bits per heavy atom. The van der Waals surface area contributed by atoms with Crippen LogP contribution in [0.1, 0.15) is 37.7 Å². The van der Waals surface area contributed by atoms with Gasteiger partial charge in [0.15, 0.2) is 0 Å². The molecule has 0 radical (unpaired) electrons. The number of ether oxygens (including phenoxy) is 1. The minimum absolute atomic E-state index is 0.0517. The molecule has 1 heterocycles. The molecule has 0 aliphatic carbocycles. The van der Waals surface area contributed by atoms with Gasteiger partial charge in [0.2, 0.25) is 5.91 Å². The molecule has 3 rings (SSSR count). The van der Waals surface area contributed by atoms with Crippen molar-refractivity contribution in [2.24, 2.45) is 0 Å². The standard InChI is InChI=1S/C22H25FN2O3/c1-2-3-17(16-4-6-18(23)7-5-16)14-21(26)24-19-8-10-20(11-9-19)25-12-13-28-15-22(25)27/h4-11,17H,2-3,12-15H2,1H3,(H,24,26). The number of nitrogens with one attached hydrogen (secondary N) is 1. The lowest BCUT2D eigenvalue weighted by atomic mass is 9.91. The number of halogens is 1. The van der Waals surface area contributed by atoms with Crippen LogP contribution >= 0.6 is 0 Å². The van der Waals surface area contributed by atoms with Crippen LogP contribution < -0.4 is 10.2 Å². The van der Waals surface area contributed by atoms with E-state index in [-0.39, 0.29) is 30.2 Å². The maximum atomic E-state index is 13.2. The average molecular weight is 384 g/mol. The number of anilines is 2. The number of nitrogens with zero attached hydrogens (tertiary/aromatic N) is 1. The average Bonchev–Trinajstić information content (AvgIpc) is 2.69. The van der Waals surface area contributed by atoms with Gasteiger partial charge in [-0.15, -0.1) is 0 Å². The Kier molecular flexibility index (Phi) is 6.76. The van der Waals surface area contributed by atoms with Gasteiger partial charge in [-0.1, -0.05) is 25.5 Å². The maximum absolute atomic E-state index is 13.2. The first-order valence-corrected chi connectivity index (χ1v) is 9.60. The molecule has 0 saturated carbocycles. The SMILES string of the molecule is CCCC(CC(=O)Nc1ccc(N2CCOCC2=O)cc1)c1ccc(F)cc1. The Hall–Kier alpha value is -2.73. The van der Waals surface area contributed by atoms with Crippen LogP contribution in [-0.2, 0) is 14.3 Å². The molecule has 2 amide bonds. The predicted octanol–water partition coefficient (Wildman–Crippen LogP) is 4.10. The molecule has 2 aromatic carbocycles. The number of morpholine rings is 1. The first kappa shape index (κ1) is 20.0. The fourth-order valence-corrected chi connectivity index (χ4v) is 3.42. The molecule has 0 bridgehead atoms. The van der Waals surface area contributed by atoms with Crippen molar-refractivity contribution in [3.8, 4) is 0 Å². The lowest BCUT2D eigenvalue weighted by Gasteiger charge is -2.27. The van der Waals surface area contributed by atoms with Gasteiger partial charge >= 0.3 is 0 Å². The molecule has 6 heteroatoms. The van der Waals surface area contributed by atoms with Crippen molar-refractivity contribution in [3.05, 3.63) is 59.9 Å². The summed E-state index contributed by atoms with van der Waals surface area (Å²) in [4.78, 5) is 26.1. The van der Waals surface area contributed by atoms with Crippen LogP contribution in [0.2, 0.25) is 0 Å². The molecule has 1 saturated heterocycles. The normalized spacial score (nSPS) is 15.4. The zero-order valence-electron chi connectivity index (χ0n) is 16.0. The summed E-state index contributed by atoms with van der Waals surface area (Å²) in [5.41, 5.74) is 2.45. The van der Waals surface area contributed by atoms with E-state index in [0.29, 0.717) is 25.3 Å². The largest absolute Gasteiger partial charge is 0.370 e. The summed E-state index contributed by atoms with van der Waals surface area (Å²) < 4.78 is 18.3. The van der Waals surface area contributed by atoms with E-state index in [4.69, 9.17) is 4.74 Å². The molecule has 148 valence electrons. The van der Waals surface area contributed by atoms with Gasteiger partial charge < -0.3 is 15.0 Å². The third-order valence-corrected chi connectivity index (χ3v) is 4.86. The van der Waals surface area contributed by atoms with Gasteiger partial charge in [-0.05, 0) is 54.3 Å². The molecule has 5 nitrogen and oxygen atoms in total. The van der Waals surface area contributed by atoms with Crippen LogP contribution in [0.4, 0.5) is 15.8 Å². The third-order valence-electron chi connectivity index (χ3n) is 4.86. The lowest BCUT2D eigenvalue weighted by molar-refractivity contribution is -0.125. The molecule has 1 unspecified atom stereocenters. The molecule has 2 aromatic rings. The molecule has 0 spiro atoms. The Balaban J connectivity index is 1.61. The van der Waals surface area contributed by atoms with E-state index in [1.807, 2.05) is 12.1 Å². The van der Waals surface area contributed by atoms with Gasteiger partial charge in [0.05, 0.1) is 6.61 Å².